The van der Waals surface area contributed by atoms with E-state index in [9.17, 15) is 0 Å². The monoisotopic (exact) mass is 145 g/mol. The van der Waals surface area contributed by atoms with Crippen LogP contribution in [0.2, 0.25) is 0 Å². The summed E-state index contributed by atoms with van der Waals surface area (Å²) in [7, 11) is 0. The molecule has 0 fully saturated rings. The summed E-state index contributed by atoms with van der Waals surface area (Å²) in [5.41, 5.74) is 2.02. The Morgan fingerprint density at radius 2 is 2.11 bits per heavy atom. The molecule has 0 saturated heterocycles. The fourth-order valence-electron chi connectivity index (χ4n) is 0.617. The van der Waals surface area contributed by atoms with E-state index in [1.807, 2.05) is 26.0 Å². The Morgan fingerprint density at radius 1 is 1.44 bits per heavy atom. The van der Waals surface area contributed by atoms with E-state index in [0.717, 1.165) is 11.4 Å². The number of hydrogen-bond acceptors (Lipinski definition) is 1. The molecule has 0 spiro atoms. The van der Waals surface area contributed by atoms with Crippen LogP contribution in [0.25, 0.3) is 0 Å². The van der Waals surface area contributed by atoms with Crippen molar-refractivity contribution >= 4 is 0 Å². The molecule has 0 saturated carbocycles. The van der Waals surface area contributed by atoms with Crippen molar-refractivity contribution in [3.63, 3.8) is 0 Å². The van der Waals surface area contributed by atoms with Gasteiger partial charge in [0.2, 0.25) is 0 Å². The van der Waals surface area contributed by atoms with Gasteiger partial charge in [-0.3, -0.25) is 4.98 Å². The maximum Gasteiger partial charge on any atom is 1.00 e. The number of hydrogen-bond donors (Lipinski definition) is 0. The molecule has 1 aromatic heterocycles. The summed E-state index contributed by atoms with van der Waals surface area (Å²) in [6, 6.07) is 6.79. The van der Waals surface area contributed by atoms with E-state index in [1.165, 1.54) is 0 Å². The fourth-order valence-corrected chi connectivity index (χ4v) is 0.617. The van der Waals surface area contributed by atoms with E-state index < -0.39 is 0 Å². The molecule has 9 heavy (non-hydrogen) atoms. The van der Waals surface area contributed by atoms with Crippen LogP contribution >= 0.6 is 0 Å². The molecule has 0 radical (unpaired) electrons. The van der Waals surface area contributed by atoms with Gasteiger partial charge >= 0.3 is 51.4 Å². The Bertz CT molecular complexity index is 169. The third-order valence-electron chi connectivity index (χ3n) is 0.961. The number of pyridine rings is 1. The Morgan fingerprint density at radius 3 is 2.44 bits per heavy atom. The van der Waals surface area contributed by atoms with Gasteiger partial charge in [-0.1, -0.05) is 5.69 Å². The molecule has 0 aliphatic heterocycles. The first-order valence-corrected chi connectivity index (χ1v) is 2.61. The van der Waals surface area contributed by atoms with Crippen molar-refractivity contribution in [2.45, 2.75) is 13.8 Å². The first kappa shape index (κ1) is 9.79. The summed E-state index contributed by atoms with van der Waals surface area (Å²) in [6.07, 6.45) is 0. The average Bonchev–Trinajstić information content (AvgIpc) is 1.64. The minimum atomic E-state index is 0. The summed E-state index contributed by atoms with van der Waals surface area (Å²) in [5, 5.41) is 0. The number of aryl methyl sites for hydroxylation is 2. The third kappa shape index (κ3) is 3.48. The van der Waals surface area contributed by atoms with Crippen molar-refractivity contribution in [1.82, 2.24) is 4.98 Å². The van der Waals surface area contributed by atoms with E-state index in [-0.39, 0.29) is 51.4 Å². The smallest absolute Gasteiger partial charge is 0.298 e. The standard InChI is InChI=1S/C7H8N.K/c1-6-4-3-5-7(2)8-6;/h3-4H,1-2H3;/q-1;+1. The number of nitrogens with zero attached hydrogens (tertiary/aromatic N) is 1. The maximum atomic E-state index is 4.12. The Hall–Kier alpha value is 0.786. The second-order valence-electron chi connectivity index (χ2n) is 1.82. The van der Waals surface area contributed by atoms with Gasteiger partial charge in [-0.15, -0.1) is 0 Å². The molecular weight excluding hydrogens is 137 g/mol. The van der Waals surface area contributed by atoms with Crippen LogP contribution in [0.3, 0.4) is 0 Å². The van der Waals surface area contributed by atoms with E-state index >= 15 is 0 Å². The topological polar surface area (TPSA) is 12.9 Å². The van der Waals surface area contributed by atoms with Crippen LogP contribution in [0.5, 0.6) is 0 Å². The predicted octanol–water partition coefficient (Wildman–Crippen LogP) is -1.50. The molecule has 42 valence electrons. The van der Waals surface area contributed by atoms with Gasteiger partial charge in [0.15, 0.2) is 0 Å². The molecule has 0 aromatic carbocycles. The van der Waals surface area contributed by atoms with Crippen LogP contribution in [0.15, 0.2) is 12.1 Å². The molecule has 1 rings (SSSR count). The molecule has 0 amide bonds. The van der Waals surface area contributed by atoms with Crippen LogP contribution in [0.4, 0.5) is 0 Å². The van der Waals surface area contributed by atoms with Gasteiger partial charge in [-0.25, -0.2) is 12.1 Å². The molecule has 0 aliphatic carbocycles. The zero-order valence-electron chi connectivity index (χ0n) is 6.10. The number of rotatable bonds is 0. The fraction of sp³-hybridized carbons (Fsp3) is 0.286. The van der Waals surface area contributed by atoms with Crippen LogP contribution in [-0.2, 0) is 0 Å². The largest absolute Gasteiger partial charge is 1.00 e. The molecule has 0 unspecified atom stereocenters. The second kappa shape index (κ2) is 4.58. The Balaban J connectivity index is 0.000000640. The van der Waals surface area contributed by atoms with Crippen molar-refractivity contribution in [2.24, 2.45) is 0 Å². The molecule has 0 aliphatic rings. The van der Waals surface area contributed by atoms with Crippen molar-refractivity contribution in [1.29, 1.82) is 0 Å². The van der Waals surface area contributed by atoms with Gasteiger partial charge in [0, 0.05) is 0 Å². The summed E-state index contributed by atoms with van der Waals surface area (Å²) in [6.45, 7) is 3.91. The van der Waals surface area contributed by atoms with Gasteiger partial charge in [0.1, 0.15) is 0 Å². The van der Waals surface area contributed by atoms with Crippen LogP contribution in [0, 0.1) is 19.9 Å². The van der Waals surface area contributed by atoms with E-state index in [4.69, 9.17) is 0 Å². The minimum Gasteiger partial charge on any atom is -0.298 e. The van der Waals surface area contributed by atoms with Crippen molar-refractivity contribution in [3.8, 4) is 0 Å². The van der Waals surface area contributed by atoms with Gasteiger partial charge in [-0.05, 0) is 19.5 Å². The van der Waals surface area contributed by atoms with Gasteiger partial charge in [0.25, 0.3) is 0 Å². The predicted molar refractivity (Wildman–Crippen MR) is 32.5 cm³/mol. The average molecular weight is 145 g/mol. The van der Waals surface area contributed by atoms with Gasteiger partial charge < -0.3 is 0 Å². The molecule has 1 aromatic rings. The summed E-state index contributed by atoms with van der Waals surface area (Å²) in [5.74, 6) is 0. The molecule has 0 bridgehead atoms. The molecule has 0 N–H and O–H groups in total. The first-order chi connectivity index (χ1) is 3.79. The normalized spacial score (nSPS) is 8.22. The molecule has 0 atom stereocenters. The van der Waals surface area contributed by atoms with Crippen LogP contribution < -0.4 is 51.4 Å². The third-order valence-corrected chi connectivity index (χ3v) is 0.961. The second-order valence-corrected chi connectivity index (χ2v) is 1.82. The zero-order chi connectivity index (χ0) is 5.98. The molecular formula is C7H8KN. The molecule has 1 nitrogen and oxygen atoms in total. The van der Waals surface area contributed by atoms with Crippen molar-refractivity contribution < 1.29 is 51.4 Å². The van der Waals surface area contributed by atoms with E-state index in [0.29, 0.717) is 0 Å². The Kier molecular flexibility index (Phi) is 4.98. The summed E-state index contributed by atoms with van der Waals surface area (Å²) < 4.78 is 0. The summed E-state index contributed by atoms with van der Waals surface area (Å²) >= 11 is 0. The Labute approximate surface area is 98.3 Å². The zero-order valence-corrected chi connectivity index (χ0v) is 9.23. The van der Waals surface area contributed by atoms with E-state index in [2.05, 4.69) is 11.1 Å². The van der Waals surface area contributed by atoms with Crippen LogP contribution in [0.1, 0.15) is 11.4 Å². The SMILES string of the molecule is Cc1[c-]ccc(C)n1.[K+]. The maximum absolute atomic E-state index is 4.12. The van der Waals surface area contributed by atoms with E-state index in [1.54, 1.807) is 0 Å². The van der Waals surface area contributed by atoms with Crippen molar-refractivity contribution in [2.75, 3.05) is 0 Å². The van der Waals surface area contributed by atoms with Gasteiger partial charge in [-0.2, -0.15) is 6.07 Å². The van der Waals surface area contributed by atoms with Crippen LogP contribution in [-0.4, -0.2) is 4.98 Å². The first-order valence-electron chi connectivity index (χ1n) is 2.61. The van der Waals surface area contributed by atoms with Gasteiger partial charge in [0.05, 0.1) is 0 Å². The summed E-state index contributed by atoms with van der Waals surface area (Å²) in [4.78, 5) is 4.12. The molecule has 2 heteroatoms. The molecule has 1 heterocycles. The minimum absolute atomic E-state index is 0. The quantitative estimate of drug-likeness (QED) is 0.320. The number of aromatic nitrogens is 1. The van der Waals surface area contributed by atoms with Crippen molar-refractivity contribution in [3.05, 3.63) is 29.6 Å².